The van der Waals surface area contributed by atoms with Crippen LogP contribution >= 0.6 is 11.3 Å². The lowest BCUT2D eigenvalue weighted by atomic mass is 10.0. The number of benzene rings is 1. The molecule has 110 valence electrons. The highest BCUT2D eigenvalue weighted by molar-refractivity contribution is 7.12. The first-order chi connectivity index (χ1) is 9.79. The minimum atomic E-state index is -0.991. The van der Waals surface area contributed by atoms with Crippen LogP contribution in [0.1, 0.15) is 41.6 Å². The van der Waals surface area contributed by atoms with Gasteiger partial charge in [0.15, 0.2) is 0 Å². The van der Waals surface area contributed by atoms with Crippen LogP contribution in [-0.2, 0) is 0 Å². The van der Waals surface area contributed by atoms with E-state index in [0.717, 1.165) is 15.3 Å². The van der Waals surface area contributed by atoms with Crippen LogP contribution in [0.4, 0.5) is 5.69 Å². The number of carbonyl (C=O) groups is 2. The maximum atomic E-state index is 12.3. The van der Waals surface area contributed by atoms with E-state index >= 15 is 0 Å². The van der Waals surface area contributed by atoms with E-state index in [-0.39, 0.29) is 11.5 Å². The summed E-state index contributed by atoms with van der Waals surface area (Å²) in [6, 6.07) is 5.12. The first kappa shape index (κ1) is 15.3. The van der Waals surface area contributed by atoms with E-state index in [4.69, 9.17) is 0 Å². The number of carboxylic acids is 1. The van der Waals surface area contributed by atoms with Crippen LogP contribution in [0.3, 0.4) is 0 Å². The average molecular weight is 303 g/mol. The normalized spacial score (nSPS) is 10.5. The zero-order valence-corrected chi connectivity index (χ0v) is 13.2. The number of carboxylic acid groups (broad SMARTS) is 1. The van der Waals surface area contributed by atoms with Crippen molar-refractivity contribution in [3.63, 3.8) is 0 Å². The Morgan fingerprint density at radius 1 is 1.05 bits per heavy atom. The van der Waals surface area contributed by atoms with Gasteiger partial charge in [-0.1, -0.05) is 0 Å². The first-order valence-electron chi connectivity index (χ1n) is 6.52. The monoisotopic (exact) mass is 303 g/mol. The highest BCUT2D eigenvalue weighted by atomic mass is 32.1. The van der Waals surface area contributed by atoms with E-state index in [1.165, 1.54) is 6.07 Å². The number of amides is 1. The van der Waals surface area contributed by atoms with Crippen molar-refractivity contribution in [2.75, 3.05) is 5.32 Å². The molecule has 2 rings (SSSR count). The van der Waals surface area contributed by atoms with Gasteiger partial charge in [-0.2, -0.15) is 0 Å². The molecule has 0 saturated carbocycles. The molecule has 1 amide bonds. The van der Waals surface area contributed by atoms with Crippen LogP contribution in [0.5, 0.6) is 0 Å². The third-order valence-corrected chi connectivity index (χ3v) is 4.41. The highest BCUT2D eigenvalue weighted by Crippen LogP contribution is 2.24. The quantitative estimate of drug-likeness (QED) is 0.902. The number of rotatable bonds is 3. The summed E-state index contributed by atoms with van der Waals surface area (Å²) in [5.41, 5.74) is 2.89. The Hall–Kier alpha value is -2.14. The molecule has 21 heavy (non-hydrogen) atoms. The van der Waals surface area contributed by atoms with E-state index in [1.807, 2.05) is 26.8 Å². The van der Waals surface area contributed by atoms with Gasteiger partial charge in [-0.15, -0.1) is 11.3 Å². The van der Waals surface area contributed by atoms with Gasteiger partial charge in [0.05, 0.1) is 11.1 Å². The van der Waals surface area contributed by atoms with Crippen LogP contribution in [-0.4, -0.2) is 17.0 Å². The minimum absolute atomic E-state index is 0.212. The summed E-state index contributed by atoms with van der Waals surface area (Å²) in [5.74, 6) is -1.20. The number of anilines is 1. The van der Waals surface area contributed by atoms with Gasteiger partial charge in [0, 0.05) is 15.4 Å². The number of nitrogens with one attached hydrogen (secondary N) is 1. The molecule has 2 N–H and O–H groups in total. The average Bonchev–Trinajstić information content (AvgIpc) is 2.72. The molecule has 1 aromatic carbocycles. The SMILES string of the molecule is Cc1cc(C(=O)Nc2cc(C)c(C)c(C(=O)O)c2)c(C)s1. The summed E-state index contributed by atoms with van der Waals surface area (Å²) < 4.78 is 0. The number of thiophene rings is 1. The van der Waals surface area contributed by atoms with Crippen molar-refractivity contribution in [3.05, 3.63) is 50.2 Å². The van der Waals surface area contributed by atoms with Gasteiger partial charge in [0.2, 0.25) is 0 Å². The van der Waals surface area contributed by atoms with Crippen molar-refractivity contribution < 1.29 is 14.7 Å². The van der Waals surface area contributed by atoms with E-state index in [2.05, 4.69) is 5.32 Å². The summed E-state index contributed by atoms with van der Waals surface area (Å²) in [5, 5.41) is 12.0. The third-order valence-electron chi connectivity index (χ3n) is 3.44. The fraction of sp³-hybridized carbons (Fsp3) is 0.250. The molecule has 0 aliphatic carbocycles. The largest absolute Gasteiger partial charge is 0.478 e. The van der Waals surface area contributed by atoms with Crippen LogP contribution in [0.25, 0.3) is 0 Å². The summed E-state index contributed by atoms with van der Waals surface area (Å²) in [6.45, 7) is 7.44. The zero-order valence-electron chi connectivity index (χ0n) is 12.4. The number of hydrogen-bond acceptors (Lipinski definition) is 3. The standard InChI is InChI=1S/C16H17NO3S/c1-8-5-12(7-13(10(8)3)16(19)20)17-15(18)14-6-9(2)21-11(14)4/h5-7H,1-4H3,(H,17,18)(H,19,20). The minimum Gasteiger partial charge on any atom is -0.478 e. The molecule has 0 saturated heterocycles. The molecule has 0 spiro atoms. The Bertz CT molecular complexity index is 731. The maximum Gasteiger partial charge on any atom is 0.336 e. The Labute approximate surface area is 127 Å². The smallest absolute Gasteiger partial charge is 0.336 e. The Balaban J connectivity index is 2.34. The van der Waals surface area contributed by atoms with E-state index < -0.39 is 5.97 Å². The van der Waals surface area contributed by atoms with Gasteiger partial charge in [-0.05, 0) is 57.0 Å². The predicted octanol–water partition coefficient (Wildman–Crippen LogP) is 3.93. The summed E-state index contributed by atoms with van der Waals surface area (Å²) in [7, 11) is 0. The molecule has 0 aliphatic heterocycles. The van der Waals surface area contributed by atoms with Gasteiger partial charge in [0.25, 0.3) is 5.91 Å². The Morgan fingerprint density at radius 2 is 1.71 bits per heavy atom. The lowest BCUT2D eigenvalue weighted by molar-refractivity contribution is 0.0695. The van der Waals surface area contributed by atoms with Crippen LogP contribution < -0.4 is 5.32 Å². The van der Waals surface area contributed by atoms with Crippen LogP contribution in [0.15, 0.2) is 18.2 Å². The third kappa shape index (κ3) is 3.13. The van der Waals surface area contributed by atoms with Crippen molar-refractivity contribution in [2.24, 2.45) is 0 Å². The fourth-order valence-corrected chi connectivity index (χ4v) is 3.13. The lowest BCUT2D eigenvalue weighted by Gasteiger charge is -2.10. The summed E-state index contributed by atoms with van der Waals surface area (Å²) in [6.07, 6.45) is 0. The van der Waals surface area contributed by atoms with Gasteiger partial charge >= 0.3 is 5.97 Å². The van der Waals surface area contributed by atoms with E-state index in [0.29, 0.717) is 16.8 Å². The van der Waals surface area contributed by atoms with E-state index in [9.17, 15) is 14.7 Å². The molecule has 0 bridgehead atoms. The Kier molecular flexibility index (Phi) is 4.14. The molecule has 5 heteroatoms. The molecule has 0 atom stereocenters. The molecule has 2 aromatic rings. The highest BCUT2D eigenvalue weighted by Gasteiger charge is 2.15. The van der Waals surface area contributed by atoms with Crippen molar-refractivity contribution in [2.45, 2.75) is 27.7 Å². The topological polar surface area (TPSA) is 66.4 Å². The molecular formula is C16H17NO3S. The van der Waals surface area contributed by atoms with Crippen LogP contribution in [0.2, 0.25) is 0 Å². The molecule has 0 aliphatic rings. The van der Waals surface area contributed by atoms with Gasteiger partial charge < -0.3 is 10.4 Å². The van der Waals surface area contributed by atoms with Crippen LogP contribution in [0, 0.1) is 27.7 Å². The molecule has 0 radical (unpaired) electrons. The fourth-order valence-electron chi connectivity index (χ4n) is 2.21. The molecule has 4 nitrogen and oxygen atoms in total. The number of aromatic carboxylic acids is 1. The van der Waals surface area contributed by atoms with Gasteiger partial charge in [-0.3, -0.25) is 4.79 Å². The second-order valence-corrected chi connectivity index (χ2v) is 6.51. The van der Waals surface area contributed by atoms with Crippen molar-refractivity contribution in [1.82, 2.24) is 0 Å². The molecule has 1 aromatic heterocycles. The second-order valence-electron chi connectivity index (χ2n) is 5.05. The zero-order chi connectivity index (χ0) is 15.7. The summed E-state index contributed by atoms with van der Waals surface area (Å²) >= 11 is 1.57. The number of aryl methyl sites for hydroxylation is 3. The Morgan fingerprint density at radius 3 is 2.24 bits per heavy atom. The summed E-state index contributed by atoms with van der Waals surface area (Å²) in [4.78, 5) is 25.5. The van der Waals surface area contributed by atoms with Crippen molar-refractivity contribution in [1.29, 1.82) is 0 Å². The lowest BCUT2D eigenvalue weighted by Crippen LogP contribution is -2.13. The molecular weight excluding hydrogens is 286 g/mol. The predicted molar refractivity (Wildman–Crippen MR) is 84.6 cm³/mol. The first-order valence-corrected chi connectivity index (χ1v) is 7.34. The van der Waals surface area contributed by atoms with Crippen molar-refractivity contribution in [3.8, 4) is 0 Å². The molecule has 0 fully saturated rings. The number of hydrogen-bond donors (Lipinski definition) is 2. The van der Waals surface area contributed by atoms with E-state index in [1.54, 1.807) is 24.3 Å². The van der Waals surface area contributed by atoms with Gasteiger partial charge in [-0.25, -0.2) is 4.79 Å². The van der Waals surface area contributed by atoms with Gasteiger partial charge in [0.1, 0.15) is 0 Å². The molecule has 1 heterocycles. The maximum absolute atomic E-state index is 12.3. The number of carbonyl (C=O) groups excluding carboxylic acids is 1. The molecule has 0 unspecified atom stereocenters. The van der Waals surface area contributed by atoms with Crippen molar-refractivity contribution >= 4 is 28.9 Å². The second kappa shape index (κ2) is 5.69.